The third-order valence-corrected chi connectivity index (χ3v) is 5.15. The number of hydrogen-bond acceptors (Lipinski definition) is 6. The number of carbonyl (C=O) groups is 3. The van der Waals surface area contributed by atoms with E-state index in [1.807, 2.05) is 24.4 Å². The minimum atomic E-state index is -0.360. The second-order valence-corrected chi connectivity index (χ2v) is 7.25. The molecular weight excluding hydrogens is 376 g/mol. The van der Waals surface area contributed by atoms with Crippen LogP contribution in [-0.4, -0.2) is 39.1 Å². The van der Waals surface area contributed by atoms with Crippen LogP contribution in [0.4, 0.5) is 5.13 Å². The zero-order chi connectivity index (χ0) is 19.7. The highest BCUT2D eigenvalue weighted by Crippen LogP contribution is 2.25. The molecule has 1 aliphatic heterocycles. The van der Waals surface area contributed by atoms with Crippen LogP contribution in [0.2, 0.25) is 0 Å². The summed E-state index contributed by atoms with van der Waals surface area (Å²) in [5, 5.41) is 5.01. The molecule has 2 aromatic heterocycles. The minimum Gasteiger partial charge on any atom is -0.302 e. The van der Waals surface area contributed by atoms with Gasteiger partial charge in [0.1, 0.15) is 0 Å². The lowest BCUT2D eigenvalue weighted by Gasteiger charge is -2.12. The number of carbonyl (C=O) groups excluding carboxylic acids is 3. The van der Waals surface area contributed by atoms with Crippen LogP contribution < -0.4 is 5.32 Å². The van der Waals surface area contributed by atoms with E-state index in [1.54, 1.807) is 30.6 Å². The average molecular weight is 392 g/mol. The molecule has 0 bridgehead atoms. The van der Waals surface area contributed by atoms with Gasteiger partial charge in [-0.3, -0.25) is 24.3 Å². The molecule has 4 rings (SSSR count). The van der Waals surface area contributed by atoms with E-state index in [2.05, 4.69) is 15.3 Å². The molecule has 3 aromatic rings. The van der Waals surface area contributed by atoms with E-state index >= 15 is 0 Å². The van der Waals surface area contributed by atoms with Crippen molar-refractivity contribution >= 4 is 34.2 Å². The maximum atomic E-state index is 12.4. The Hall–Kier alpha value is -3.39. The number of amides is 3. The van der Waals surface area contributed by atoms with Crippen molar-refractivity contribution in [2.75, 3.05) is 11.9 Å². The van der Waals surface area contributed by atoms with Gasteiger partial charge < -0.3 is 5.32 Å². The van der Waals surface area contributed by atoms with Gasteiger partial charge in [-0.05, 0) is 31.2 Å². The van der Waals surface area contributed by atoms with E-state index in [4.69, 9.17) is 0 Å². The zero-order valence-corrected chi connectivity index (χ0v) is 15.8. The molecule has 0 saturated heterocycles. The molecule has 0 atom stereocenters. The predicted molar refractivity (Wildman–Crippen MR) is 105 cm³/mol. The Balaban J connectivity index is 1.37. The second-order valence-electron chi connectivity index (χ2n) is 6.39. The molecule has 8 heteroatoms. The Kier molecular flexibility index (Phi) is 4.70. The number of nitrogens with zero attached hydrogens (tertiary/aromatic N) is 3. The smallest absolute Gasteiger partial charge is 0.261 e. The number of hydrogen-bond donors (Lipinski definition) is 1. The van der Waals surface area contributed by atoms with E-state index in [-0.39, 0.29) is 30.7 Å². The summed E-state index contributed by atoms with van der Waals surface area (Å²) < 4.78 is 0. The highest BCUT2D eigenvalue weighted by molar-refractivity contribution is 7.14. The van der Waals surface area contributed by atoms with Crippen LogP contribution in [0.5, 0.6) is 0 Å². The number of fused-ring (bicyclic) bond motifs is 1. The number of aryl methyl sites for hydroxylation is 1. The molecule has 0 radical (unpaired) electrons. The van der Waals surface area contributed by atoms with Gasteiger partial charge in [0.25, 0.3) is 11.8 Å². The number of nitrogens with one attached hydrogen (secondary N) is 1. The van der Waals surface area contributed by atoms with Crippen LogP contribution in [0.25, 0.3) is 11.3 Å². The lowest BCUT2D eigenvalue weighted by atomic mass is 10.1. The first-order chi connectivity index (χ1) is 13.5. The van der Waals surface area contributed by atoms with Gasteiger partial charge in [-0.1, -0.05) is 11.6 Å². The largest absolute Gasteiger partial charge is 0.302 e. The molecule has 0 fully saturated rings. The Labute approximate surface area is 165 Å². The molecule has 0 aliphatic carbocycles. The Morgan fingerprint density at radius 3 is 2.79 bits per heavy atom. The Morgan fingerprint density at radius 2 is 2.00 bits per heavy atom. The minimum absolute atomic E-state index is 0.00621. The number of thiazole rings is 1. The van der Waals surface area contributed by atoms with Crippen molar-refractivity contribution in [3.05, 3.63) is 64.8 Å². The number of pyridine rings is 1. The van der Waals surface area contributed by atoms with E-state index in [0.29, 0.717) is 16.3 Å². The van der Waals surface area contributed by atoms with E-state index in [9.17, 15) is 14.4 Å². The third kappa shape index (κ3) is 3.41. The lowest BCUT2D eigenvalue weighted by Crippen LogP contribution is -2.32. The van der Waals surface area contributed by atoms with Crippen molar-refractivity contribution < 1.29 is 14.4 Å². The SMILES string of the molecule is Cc1ccc2c(c1)C(=O)N(CCC(=O)Nc1nc(-c3cccnc3)cs1)C2=O. The first-order valence-electron chi connectivity index (χ1n) is 8.65. The topological polar surface area (TPSA) is 92.3 Å². The number of benzene rings is 1. The number of anilines is 1. The van der Waals surface area contributed by atoms with Crippen LogP contribution in [0.15, 0.2) is 48.1 Å². The van der Waals surface area contributed by atoms with Crippen LogP contribution in [0, 0.1) is 6.92 Å². The van der Waals surface area contributed by atoms with Crippen LogP contribution in [0.3, 0.4) is 0 Å². The maximum Gasteiger partial charge on any atom is 0.261 e. The molecule has 28 heavy (non-hydrogen) atoms. The molecule has 0 saturated carbocycles. The summed E-state index contributed by atoms with van der Waals surface area (Å²) in [4.78, 5) is 46.6. The van der Waals surface area contributed by atoms with Crippen molar-refractivity contribution in [1.29, 1.82) is 0 Å². The van der Waals surface area contributed by atoms with Gasteiger partial charge >= 0.3 is 0 Å². The average Bonchev–Trinajstić information content (AvgIpc) is 3.25. The molecule has 0 unspecified atom stereocenters. The first-order valence-corrected chi connectivity index (χ1v) is 9.53. The van der Waals surface area contributed by atoms with Crippen molar-refractivity contribution in [2.24, 2.45) is 0 Å². The molecule has 0 spiro atoms. The summed E-state index contributed by atoms with van der Waals surface area (Å²) >= 11 is 1.30. The summed E-state index contributed by atoms with van der Waals surface area (Å²) in [5.41, 5.74) is 3.28. The normalized spacial score (nSPS) is 13.0. The van der Waals surface area contributed by atoms with Gasteiger partial charge in [0.2, 0.25) is 5.91 Å². The van der Waals surface area contributed by atoms with Gasteiger partial charge in [-0.25, -0.2) is 4.98 Å². The third-order valence-electron chi connectivity index (χ3n) is 4.40. The fraction of sp³-hybridized carbons (Fsp3) is 0.150. The summed E-state index contributed by atoms with van der Waals surface area (Å²) in [7, 11) is 0. The van der Waals surface area contributed by atoms with Gasteiger partial charge in [0.15, 0.2) is 5.13 Å². The molecule has 1 aliphatic rings. The molecule has 7 nitrogen and oxygen atoms in total. The monoisotopic (exact) mass is 392 g/mol. The van der Waals surface area contributed by atoms with Crippen LogP contribution in [0.1, 0.15) is 32.7 Å². The molecule has 1 N–H and O–H groups in total. The van der Waals surface area contributed by atoms with Gasteiger partial charge in [-0.15, -0.1) is 11.3 Å². The Morgan fingerprint density at radius 1 is 1.18 bits per heavy atom. The second kappa shape index (κ2) is 7.32. The standard InChI is InChI=1S/C20H16N4O3S/c1-12-4-5-14-15(9-12)19(27)24(18(14)26)8-6-17(25)23-20-22-16(11-28-20)13-3-2-7-21-10-13/h2-5,7,9-11H,6,8H2,1H3,(H,22,23,25). The number of rotatable bonds is 5. The van der Waals surface area contributed by atoms with Crippen molar-refractivity contribution in [3.63, 3.8) is 0 Å². The van der Waals surface area contributed by atoms with E-state index in [0.717, 1.165) is 21.7 Å². The summed E-state index contributed by atoms with van der Waals surface area (Å²) in [6.07, 6.45) is 3.38. The predicted octanol–water partition coefficient (Wildman–Crippen LogP) is 3.14. The summed E-state index contributed by atoms with van der Waals surface area (Å²) in [5.74, 6) is -1.02. The van der Waals surface area contributed by atoms with Crippen molar-refractivity contribution in [3.8, 4) is 11.3 Å². The van der Waals surface area contributed by atoms with Crippen molar-refractivity contribution in [1.82, 2.24) is 14.9 Å². The summed E-state index contributed by atoms with van der Waals surface area (Å²) in [6, 6.07) is 8.85. The Bertz CT molecular complexity index is 1080. The van der Waals surface area contributed by atoms with Crippen molar-refractivity contribution in [2.45, 2.75) is 13.3 Å². The molecule has 1 aromatic carbocycles. The van der Waals surface area contributed by atoms with Gasteiger partial charge in [-0.2, -0.15) is 0 Å². The molecule has 3 heterocycles. The fourth-order valence-electron chi connectivity index (χ4n) is 2.98. The lowest BCUT2D eigenvalue weighted by molar-refractivity contribution is -0.116. The maximum absolute atomic E-state index is 12.4. The van der Waals surface area contributed by atoms with E-state index < -0.39 is 0 Å². The summed E-state index contributed by atoms with van der Waals surface area (Å²) in [6.45, 7) is 1.89. The number of imide groups is 1. The van der Waals surface area contributed by atoms with E-state index in [1.165, 1.54) is 11.3 Å². The fourth-order valence-corrected chi connectivity index (χ4v) is 3.72. The highest BCUT2D eigenvalue weighted by Gasteiger charge is 2.35. The zero-order valence-electron chi connectivity index (χ0n) is 15.0. The first kappa shape index (κ1) is 18.0. The number of aromatic nitrogens is 2. The van der Waals surface area contributed by atoms with Crippen LogP contribution >= 0.6 is 11.3 Å². The van der Waals surface area contributed by atoms with Gasteiger partial charge in [0.05, 0.1) is 16.8 Å². The highest BCUT2D eigenvalue weighted by atomic mass is 32.1. The van der Waals surface area contributed by atoms with Gasteiger partial charge in [0, 0.05) is 36.3 Å². The molecule has 140 valence electrons. The quantitative estimate of drug-likeness (QED) is 0.674. The molecular formula is C20H16N4O3S. The van der Waals surface area contributed by atoms with Crippen LogP contribution in [-0.2, 0) is 4.79 Å². The molecule has 3 amide bonds.